The molecule has 0 saturated carbocycles. The lowest BCUT2D eigenvalue weighted by Gasteiger charge is -2.10. The van der Waals surface area contributed by atoms with Gasteiger partial charge in [-0.05, 0) is 36.2 Å². The molecule has 0 heterocycles. The Kier molecular flexibility index (Phi) is 5.35. The summed E-state index contributed by atoms with van der Waals surface area (Å²) in [5.41, 5.74) is 8.46. The fraction of sp³-hybridized carbons (Fsp3) is 0.235. The summed E-state index contributed by atoms with van der Waals surface area (Å²) in [4.78, 5) is 11.9. The van der Waals surface area contributed by atoms with E-state index in [2.05, 4.69) is 5.32 Å². The minimum Gasteiger partial charge on any atom is -0.493 e. The standard InChI is InChI=1S/C17H20N2O2/c1-13-5-4-7-15(11-13)21-10-9-17(20)19-16-8-3-2-6-14(16)12-18/h2-8,11H,9-10,12,18H2,1H3,(H,19,20). The van der Waals surface area contributed by atoms with Gasteiger partial charge in [-0.1, -0.05) is 30.3 Å². The molecule has 0 radical (unpaired) electrons. The molecule has 110 valence electrons. The predicted molar refractivity (Wildman–Crippen MR) is 84.3 cm³/mol. The molecular weight excluding hydrogens is 264 g/mol. The summed E-state index contributed by atoms with van der Waals surface area (Å²) in [6, 6.07) is 15.3. The summed E-state index contributed by atoms with van der Waals surface area (Å²) in [7, 11) is 0. The zero-order valence-corrected chi connectivity index (χ0v) is 12.1. The van der Waals surface area contributed by atoms with Crippen LogP contribution in [0.25, 0.3) is 0 Å². The maximum atomic E-state index is 11.9. The summed E-state index contributed by atoms with van der Waals surface area (Å²) in [6.45, 7) is 2.75. The topological polar surface area (TPSA) is 64.3 Å². The Hall–Kier alpha value is -2.33. The quantitative estimate of drug-likeness (QED) is 0.857. The van der Waals surface area contributed by atoms with Gasteiger partial charge in [-0.15, -0.1) is 0 Å². The Morgan fingerprint density at radius 2 is 2.00 bits per heavy atom. The number of anilines is 1. The molecular formula is C17H20N2O2. The zero-order chi connectivity index (χ0) is 15.1. The maximum Gasteiger partial charge on any atom is 0.227 e. The van der Waals surface area contributed by atoms with Gasteiger partial charge < -0.3 is 15.8 Å². The van der Waals surface area contributed by atoms with Gasteiger partial charge in [-0.2, -0.15) is 0 Å². The predicted octanol–water partition coefficient (Wildman–Crippen LogP) is 2.86. The van der Waals surface area contributed by atoms with E-state index < -0.39 is 0 Å². The molecule has 0 spiro atoms. The molecule has 3 N–H and O–H groups in total. The number of benzene rings is 2. The van der Waals surface area contributed by atoms with Gasteiger partial charge in [0.15, 0.2) is 0 Å². The second kappa shape index (κ2) is 7.45. The second-order valence-corrected chi connectivity index (χ2v) is 4.82. The molecule has 0 aliphatic carbocycles. The van der Waals surface area contributed by atoms with Gasteiger partial charge in [0.2, 0.25) is 5.91 Å². The smallest absolute Gasteiger partial charge is 0.227 e. The Balaban J connectivity index is 1.82. The van der Waals surface area contributed by atoms with Crippen molar-refractivity contribution in [3.05, 3.63) is 59.7 Å². The van der Waals surface area contributed by atoms with Crippen LogP contribution in [0.3, 0.4) is 0 Å². The number of hydrogen-bond acceptors (Lipinski definition) is 3. The molecule has 2 aromatic rings. The molecule has 0 aliphatic rings. The van der Waals surface area contributed by atoms with Gasteiger partial charge in [0, 0.05) is 12.2 Å². The molecule has 0 fully saturated rings. The molecule has 2 aromatic carbocycles. The molecule has 0 saturated heterocycles. The first kappa shape index (κ1) is 15.1. The van der Waals surface area contributed by atoms with Crippen LogP contribution in [-0.2, 0) is 11.3 Å². The van der Waals surface area contributed by atoms with Crippen molar-refractivity contribution in [2.45, 2.75) is 19.9 Å². The van der Waals surface area contributed by atoms with Crippen LogP contribution in [0.5, 0.6) is 5.75 Å². The molecule has 0 bridgehead atoms. The van der Waals surface area contributed by atoms with E-state index in [0.29, 0.717) is 19.6 Å². The first-order valence-corrected chi connectivity index (χ1v) is 6.96. The number of nitrogens with one attached hydrogen (secondary N) is 1. The number of nitrogens with two attached hydrogens (primary N) is 1. The van der Waals surface area contributed by atoms with Gasteiger partial charge in [0.25, 0.3) is 0 Å². The summed E-state index contributed by atoms with van der Waals surface area (Å²) in [6.07, 6.45) is 0.298. The van der Waals surface area contributed by atoms with Crippen LogP contribution in [0.4, 0.5) is 5.69 Å². The monoisotopic (exact) mass is 284 g/mol. The lowest BCUT2D eigenvalue weighted by molar-refractivity contribution is -0.116. The normalized spacial score (nSPS) is 10.2. The number of rotatable bonds is 6. The average Bonchev–Trinajstić information content (AvgIpc) is 2.48. The lowest BCUT2D eigenvalue weighted by atomic mass is 10.2. The van der Waals surface area contributed by atoms with Crippen molar-refractivity contribution in [1.82, 2.24) is 0 Å². The third-order valence-electron chi connectivity index (χ3n) is 3.10. The summed E-state index contributed by atoms with van der Waals surface area (Å²) >= 11 is 0. The van der Waals surface area contributed by atoms with Gasteiger partial charge in [0.1, 0.15) is 5.75 Å². The summed E-state index contributed by atoms with van der Waals surface area (Å²) in [5.74, 6) is 0.703. The van der Waals surface area contributed by atoms with Gasteiger partial charge in [-0.3, -0.25) is 4.79 Å². The molecule has 4 heteroatoms. The van der Waals surface area contributed by atoms with Crippen LogP contribution in [0.1, 0.15) is 17.5 Å². The number of ether oxygens (including phenoxy) is 1. The average molecular weight is 284 g/mol. The van der Waals surface area contributed by atoms with Crippen LogP contribution in [0, 0.1) is 6.92 Å². The fourth-order valence-electron chi connectivity index (χ4n) is 2.00. The number of carbonyl (C=O) groups is 1. The van der Waals surface area contributed by atoms with E-state index in [1.54, 1.807) is 0 Å². The first-order valence-electron chi connectivity index (χ1n) is 6.96. The molecule has 2 rings (SSSR count). The van der Waals surface area contributed by atoms with E-state index in [-0.39, 0.29) is 5.91 Å². The molecule has 0 aromatic heterocycles. The highest BCUT2D eigenvalue weighted by molar-refractivity contribution is 5.91. The van der Waals surface area contributed by atoms with E-state index in [0.717, 1.165) is 22.6 Å². The van der Waals surface area contributed by atoms with Crippen molar-refractivity contribution in [2.24, 2.45) is 5.73 Å². The van der Waals surface area contributed by atoms with Gasteiger partial charge in [-0.25, -0.2) is 0 Å². The van der Waals surface area contributed by atoms with Crippen LogP contribution >= 0.6 is 0 Å². The Morgan fingerprint density at radius 1 is 1.19 bits per heavy atom. The van der Waals surface area contributed by atoms with Crippen molar-refractivity contribution in [2.75, 3.05) is 11.9 Å². The minimum atomic E-state index is -0.0800. The Morgan fingerprint density at radius 3 is 2.76 bits per heavy atom. The van der Waals surface area contributed by atoms with Gasteiger partial charge in [0.05, 0.1) is 13.0 Å². The van der Waals surface area contributed by atoms with E-state index in [4.69, 9.17) is 10.5 Å². The highest BCUT2D eigenvalue weighted by Crippen LogP contribution is 2.15. The molecule has 4 nitrogen and oxygen atoms in total. The third kappa shape index (κ3) is 4.61. The van der Waals surface area contributed by atoms with Crippen molar-refractivity contribution >= 4 is 11.6 Å². The number of carbonyl (C=O) groups excluding carboxylic acids is 1. The number of para-hydroxylation sites is 1. The van der Waals surface area contributed by atoms with E-state index in [1.165, 1.54) is 0 Å². The lowest BCUT2D eigenvalue weighted by Crippen LogP contribution is -2.16. The number of aryl methyl sites for hydroxylation is 1. The third-order valence-corrected chi connectivity index (χ3v) is 3.10. The SMILES string of the molecule is Cc1cccc(OCCC(=O)Nc2ccccc2CN)c1. The second-order valence-electron chi connectivity index (χ2n) is 4.82. The zero-order valence-electron chi connectivity index (χ0n) is 12.1. The summed E-state index contributed by atoms with van der Waals surface area (Å²) < 4.78 is 5.57. The highest BCUT2D eigenvalue weighted by atomic mass is 16.5. The fourth-order valence-corrected chi connectivity index (χ4v) is 2.00. The van der Waals surface area contributed by atoms with Crippen LogP contribution in [0.15, 0.2) is 48.5 Å². The van der Waals surface area contributed by atoms with Crippen molar-refractivity contribution in [3.8, 4) is 5.75 Å². The molecule has 0 atom stereocenters. The molecule has 0 unspecified atom stereocenters. The van der Waals surface area contributed by atoms with Crippen molar-refractivity contribution in [3.63, 3.8) is 0 Å². The number of hydrogen-bond donors (Lipinski definition) is 2. The van der Waals surface area contributed by atoms with Crippen LogP contribution in [-0.4, -0.2) is 12.5 Å². The van der Waals surface area contributed by atoms with Crippen LogP contribution < -0.4 is 15.8 Å². The summed E-state index contributed by atoms with van der Waals surface area (Å²) in [5, 5.41) is 2.86. The van der Waals surface area contributed by atoms with E-state index >= 15 is 0 Å². The van der Waals surface area contributed by atoms with Crippen molar-refractivity contribution in [1.29, 1.82) is 0 Å². The van der Waals surface area contributed by atoms with Crippen molar-refractivity contribution < 1.29 is 9.53 Å². The first-order chi connectivity index (χ1) is 10.2. The maximum absolute atomic E-state index is 11.9. The van der Waals surface area contributed by atoms with E-state index in [9.17, 15) is 4.79 Å². The molecule has 1 amide bonds. The highest BCUT2D eigenvalue weighted by Gasteiger charge is 2.06. The Bertz CT molecular complexity index is 611. The largest absolute Gasteiger partial charge is 0.493 e. The van der Waals surface area contributed by atoms with Crippen LogP contribution in [0.2, 0.25) is 0 Å². The minimum absolute atomic E-state index is 0.0800. The molecule has 21 heavy (non-hydrogen) atoms. The van der Waals surface area contributed by atoms with E-state index in [1.807, 2.05) is 55.5 Å². The Labute approximate surface area is 124 Å². The molecule has 0 aliphatic heterocycles. The number of amides is 1. The van der Waals surface area contributed by atoms with Gasteiger partial charge >= 0.3 is 0 Å².